The fourth-order valence-corrected chi connectivity index (χ4v) is 4.12. The molecule has 2 aromatic rings. The summed E-state index contributed by atoms with van der Waals surface area (Å²) >= 11 is 0. The van der Waals surface area contributed by atoms with Crippen LogP contribution < -0.4 is 5.32 Å². The molecule has 1 amide bonds. The van der Waals surface area contributed by atoms with E-state index in [9.17, 15) is 13.2 Å². The summed E-state index contributed by atoms with van der Waals surface area (Å²) in [5.41, 5.74) is 3.88. The topological polar surface area (TPSA) is 79.6 Å². The van der Waals surface area contributed by atoms with E-state index in [1.54, 1.807) is 0 Å². The molecular weight excluding hydrogens is 364 g/mol. The van der Waals surface area contributed by atoms with Crippen LogP contribution in [-0.2, 0) is 16.4 Å². The average Bonchev–Trinajstić information content (AvgIpc) is 3.12. The van der Waals surface area contributed by atoms with Gasteiger partial charge in [-0.2, -0.15) is 0 Å². The van der Waals surface area contributed by atoms with Crippen LogP contribution in [0.4, 0.5) is 0 Å². The summed E-state index contributed by atoms with van der Waals surface area (Å²) in [4.78, 5) is 12.7. The molecule has 0 fully saturated rings. The minimum absolute atomic E-state index is 0.0799. The SMILES string of the molecule is CC(C)c1ccc2c(c1)[C@H](NC(=O)c1coc(S(=O)(=O)N(C)C)c1)CCC2. The Morgan fingerprint density at radius 3 is 2.67 bits per heavy atom. The molecule has 7 heteroatoms. The molecule has 0 aliphatic heterocycles. The zero-order valence-corrected chi connectivity index (χ0v) is 17.0. The van der Waals surface area contributed by atoms with Crippen molar-refractivity contribution in [3.63, 3.8) is 0 Å². The fourth-order valence-electron chi connectivity index (χ4n) is 3.32. The second kappa shape index (κ2) is 7.48. The molecular formula is C20H26N2O4S. The Morgan fingerprint density at radius 1 is 1.26 bits per heavy atom. The summed E-state index contributed by atoms with van der Waals surface area (Å²) in [5.74, 6) is 0.0907. The third-order valence-electron chi connectivity index (χ3n) is 5.03. The van der Waals surface area contributed by atoms with Gasteiger partial charge in [-0.3, -0.25) is 4.79 Å². The third kappa shape index (κ3) is 3.94. The van der Waals surface area contributed by atoms with Crippen molar-refractivity contribution in [1.82, 2.24) is 9.62 Å². The number of hydrogen-bond donors (Lipinski definition) is 1. The number of carbonyl (C=O) groups is 1. The molecule has 6 nitrogen and oxygen atoms in total. The smallest absolute Gasteiger partial charge is 0.275 e. The highest BCUT2D eigenvalue weighted by molar-refractivity contribution is 7.88. The van der Waals surface area contributed by atoms with E-state index in [4.69, 9.17) is 4.42 Å². The van der Waals surface area contributed by atoms with E-state index < -0.39 is 10.0 Å². The second-order valence-electron chi connectivity index (χ2n) is 7.47. The van der Waals surface area contributed by atoms with Crippen molar-refractivity contribution in [2.24, 2.45) is 0 Å². The molecule has 1 aliphatic carbocycles. The number of nitrogens with one attached hydrogen (secondary N) is 1. The van der Waals surface area contributed by atoms with Crippen molar-refractivity contribution in [3.05, 3.63) is 52.8 Å². The molecule has 1 aromatic heterocycles. The van der Waals surface area contributed by atoms with Gasteiger partial charge < -0.3 is 9.73 Å². The van der Waals surface area contributed by atoms with E-state index in [1.165, 1.54) is 37.6 Å². The lowest BCUT2D eigenvalue weighted by atomic mass is 9.85. The molecule has 3 rings (SSSR count). The maximum atomic E-state index is 12.7. The lowest BCUT2D eigenvalue weighted by Gasteiger charge is -2.27. The first kappa shape index (κ1) is 19.6. The summed E-state index contributed by atoms with van der Waals surface area (Å²) in [7, 11) is -0.861. The number of sulfonamides is 1. The first-order valence-corrected chi connectivity index (χ1v) is 10.6. The van der Waals surface area contributed by atoms with E-state index in [2.05, 4.69) is 37.4 Å². The van der Waals surface area contributed by atoms with Gasteiger partial charge >= 0.3 is 0 Å². The molecule has 0 saturated carbocycles. The van der Waals surface area contributed by atoms with Crippen LogP contribution >= 0.6 is 0 Å². The highest BCUT2D eigenvalue weighted by atomic mass is 32.2. The van der Waals surface area contributed by atoms with Crippen LogP contribution in [0.25, 0.3) is 0 Å². The fraction of sp³-hybridized carbons (Fsp3) is 0.450. The molecule has 1 atom stereocenters. The highest BCUT2D eigenvalue weighted by Crippen LogP contribution is 2.32. The Balaban J connectivity index is 1.82. The van der Waals surface area contributed by atoms with Crippen LogP contribution in [0, 0.1) is 0 Å². The molecule has 1 N–H and O–H groups in total. The molecule has 0 spiro atoms. The van der Waals surface area contributed by atoms with Gasteiger partial charge in [0.25, 0.3) is 15.9 Å². The van der Waals surface area contributed by atoms with E-state index in [0.29, 0.717) is 5.92 Å². The van der Waals surface area contributed by atoms with Crippen molar-refractivity contribution < 1.29 is 17.6 Å². The van der Waals surface area contributed by atoms with Crippen LogP contribution in [0.3, 0.4) is 0 Å². The minimum Gasteiger partial charge on any atom is -0.451 e. The lowest BCUT2D eigenvalue weighted by molar-refractivity contribution is 0.0932. The number of nitrogens with zero attached hydrogens (tertiary/aromatic N) is 1. The van der Waals surface area contributed by atoms with Gasteiger partial charge in [-0.25, -0.2) is 12.7 Å². The molecule has 0 bridgehead atoms. The van der Waals surface area contributed by atoms with Crippen molar-refractivity contribution in [2.45, 2.75) is 50.2 Å². The van der Waals surface area contributed by atoms with Gasteiger partial charge in [-0.15, -0.1) is 0 Å². The number of amides is 1. The minimum atomic E-state index is -3.70. The van der Waals surface area contributed by atoms with Gasteiger partial charge in [0.1, 0.15) is 6.26 Å². The van der Waals surface area contributed by atoms with Crippen LogP contribution in [0.2, 0.25) is 0 Å². The first-order valence-electron chi connectivity index (χ1n) is 9.14. The Labute approximate surface area is 160 Å². The summed E-state index contributed by atoms with van der Waals surface area (Å²) in [5, 5.41) is 2.81. The number of hydrogen-bond acceptors (Lipinski definition) is 4. The first-order chi connectivity index (χ1) is 12.7. The second-order valence-corrected chi connectivity index (χ2v) is 9.56. The highest BCUT2D eigenvalue weighted by Gasteiger charge is 2.26. The van der Waals surface area contributed by atoms with Gasteiger partial charge in [-0.1, -0.05) is 32.0 Å². The van der Waals surface area contributed by atoms with E-state index in [-0.39, 0.29) is 22.6 Å². The van der Waals surface area contributed by atoms with Gasteiger partial charge in [0.05, 0.1) is 11.6 Å². The number of aryl methyl sites for hydroxylation is 1. The third-order valence-corrected chi connectivity index (χ3v) is 6.71. The van der Waals surface area contributed by atoms with E-state index in [1.807, 2.05) is 0 Å². The van der Waals surface area contributed by atoms with Crippen molar-refractivity contribution in [2.75, 3.05) is 14.1 Å². The Morgan fingerprint density at radius 2 is 2.00 bits per heavy atom. The summed E-state index contributed by atoms with van der Waals surface area (Å²) in [6, 6.07) is 7.69. The number of benzene rings is 1. The number of carbonyl (C=O) groups excluding carboxylic acids is 1. The molecule has 1 heterocycles. The van der Waals surface area contributed by atoms with Crippen molar-refractivity contribution >= 4 is 15.9 Å². The Hall–Kier alpha value is -2.12. The molecule has 1 aliphatic rings. The van der Waals surface area contributed by atoms with Gasteiger partial charge in [0.2, 0.25) is 5.09 Å². The van der Waals surface area contributed by atoms with E-state index >= 15 is 0 Å². The van der Waals surface area contributed by atoms with Crippen molar-refractivity contribution in [3.8, 4) is 0 Å². The van der Waals surface area contributed by atoms with Crippen LogP contribution in [0.1, 0.15) is 65.7 Å². The van der Waals surface area contributed by atoms with E-state index in [0.717, 1.165) is 29.1 Å². The number of fused-ring (bicyclic) bond motifs is 1. The zero-order chi connectivity index (χ0) is 19.8. The predicted molar refractivity (Wildman–Crippen MR) is 103 cm³/mol. The molecule has 0 saturated heterocycles. The average molecular weight is 391 g/mol. The quantitative estimate of drug-likeness (QED) is 0.848. The molecule has 146 valence electrons. The molecule has 0 unspecified atom stereocenters. The monoisotopic (exact) mass is 390 g/mol. The predicted octanol–water partition coefficient (Wildman–Crippen LogP) is 3.46. The lowest BCUT2D eigenvalue weighted by Crippen LogP contribution is -2.31. The molecule has 1 aromatic carbocycles. The maximum absolute atomic E-state index is 12.7. The Kier molecular flexibility index (Phi) is 5.44. The summed E-state index contributed by atoms with van der Waals surface area (Å²) < 4.78 is 30.4. The normalized spacial score (nSPS) is 17.2. The van der Waals surface area contributed by atoms with Gasteiger partial charge in [0.15, 0.2) is 0 Å². The Bertz CT molecular complexity index is 945. The van der Waals surface area contributed by atoms with Gasteiger partial charge in [-0.05, 0) is 41.9 Å². The zero-order valence-electron chi connectivity index (χ0n) is 16.2. The van der Waals surface area contributed by atoms with Crippen LogP contribution in [-0.4, -0.2) is 32.7 Å². The maximum Gasteiger partial charge on any atom is 0.275 e. The number of furan rings is 1. The summed E-state index contributed by atoms with van der Waals surface area (Å²) in [6.07, 6.45) is 4.07. The standard InChI is InChI=1S/C20H26N2O4S/c1-13(2)15-9-8-14-6-5-7-18(17(14)10-15)21-20(23)16-11-19(26-12-16)27(24,25)22(3)4/h8-13,18H,5-7H2,1-4H3,(H,21,23)/t18-/m1/s1. The van der Waals surface area contributed by atoms with Crippen molar-refractivity contribution in [1.29, 1.82) is 0 Å². The molecule has 0 radical (unpaired) electrons. The summed E-state index contributed by atoms with van der Waals surface area (Å²) in [6.45, 7) is 4.30. The number of rotatable bonds is 5. The van der Waals surface area contributed by atoms with Crippen LogP contribution in [0.5, 0.6) is 0 Å². The van der Waals surface area contributed by atoms with Gasteiger partial charge in [0, 0.05) is 20.2 Å². The van der Waals surface area contributed by atoms with Crippen LogP contribution in [0.15, 0.2) is 40.0 Å². The molecule has 27 heavy (non-hydrogen) atoms. The largest absolute Gasteiger partial charge is 0.451 e.